The summed E-state index contributed by atoms with van der Waals surface area (Å²) in [4.78, 5) is 65.6. The number of allylic oxidation sites excluding steroid dienone is 1. The van der Waals surface area contributed by atoms with Crippen LogP contribution in [0.15, 0.2) is 42.6 Å². The first kappa shape index (κ1) is 45.4. The molecule has 0 spiro atoms. The molecule has 4 fully saturated rings. The number of carboxylic acid groups (broad SMARTS) is 1. The van der Waals surface area contributed by atoms with E-state index in [1.807, 2.05) is 42.0 Å². The van der Waals surface area contributed by atoms with E-state index in [4.69, 9.17) is 9.47 Å². The lowest BCUT2D eigenvalue weighted by Gasteiger charge is -2.47. The number of nitrogens with zero attached hydrogens (tertiary/aromatic N) is 4. The summed E-state index contributed by atoms with van der Waals surface area (Å²) >= 11 is 0. The van der Waals surface area contributed by atoms with Crippen molar-refractivity contribution in [3.63, 3.8) is 0 Å². The Bertz CT molecular complexity index is 2210. The summed E-state index contributed by atoms with van der Waals surface area (Å²) < 4.78 is 83.7. The first-order chi connectivity index (χ1) is 29.2. The van der Waals surface area contributed by atoms with Crippen molar-refractivity contribution in [2.24, 2.45) is 17.8 Å². The van der Waals surface area contributed by atoms with E-state index in [0.29, 0.717) is 56.4 Å². The normalized spacial score (nSPS) is 29.4. The van der Waals surface area contributed by atoms with Crippen molar-refractivity contribution in [1.82, 2.24) is 24.8 Å². The Hall–Kier alpha value is -4.65. The van der Waals surface area contributed by atoms with Crippen molar-refractivity contribution in [2.75, 3.05) is 44.4 Å². The van der Waals surface area contributed by atoms with Crippen LogP contribution in [0.1, 0.15) is 79.6 Å². The molecule has 340 valence electrons. The quantitative estimate of drug-likeness (QED) is 0.272. The number of nitrogens with one attached hydrogen (secondary N) is 2. The summed E-state index contributed by atoms with van der Waals surface area (Å²) in [5.74, 6) is -7.83. The number of anilines is 1. The maximum absolute atomic E-state index is 15.4. The summed E-state index contributed by atoms with van der Waals surface area (Å²) in [5.41, 5.74) is -3.32. The highest BCUT2D eigenvalue weighted by Crippen LogP contribution is 2.48. The molecular formula is C43H57F3N6O9S. The van der Waals surface area contributed by atoms with Gasteiger partial charge in [0.25, 0.3) is 11.8 Å². The van der Waals surface area contributed by atoms with E-state index in [0.717, 1.165) is 29.8 Å². The van der Waals surface area contributed by atoms with Gasteiger partial charge in [-0.25, -0.2) is 31.4 Å². The number of amides is 4. The summed E-state index contributed by atoms with van der Waals surface area (Å²) in [6, 6.07) is 4.32. The van der Waals surface area contributed by atoms with Crippen molar-refractivity contribution in [2.45, 2.75) is 119 Å². The molecule has 3 N–H and O–H groups in total. The number of pyridine rings is 1. The third kappa shape index (κ3) is 8.42. The zero-order valence-electron chi connectivity index (χ0n) is 35.7. The van der Waals surface area contributed by atoms with Gasteiger partial charge in [-0.1, -0.05) is 44.2 Å². The number of morpholine rings is 1. The van der Waals surface area contributed by atoms with Crippen LogP contribution in [0.25, 0.3) is 10.8 Å². The monoisotopic (exact) mass is 890 g/mol. The van der Waals surface area contributed by atoms with Gasteiger partial charge in [0.15, 0.2) is 0 Å². The van der Waals surface area contributed by atoms with Gasteiger partial charge in [-0.15, -0.1) is 0 Å². The van der Waals surface area contributed by atoms with Crippen molar-refractivity contribution in [1.29, 1.82) is 0 Å². The summed E-state index contributed by atoms with van der Waals surface area (Å²) in [6.45, 7) is 7.14. The lowest BCUT2D eigenvalue weighted by atomic mass is 9.84. The molecule has 2 saturated heterocycles. The standard InChI is InChI=1S/C43H57F3N6O9S/c1-26-10-6-7-11-28-22-43(28,38(55)49-62(58,59)42(25-44)14-15-42)48-35(53)32-21-29(61-36-31-13-9-8-12-30(31)33(23-47-36)50-16-18-60-19-17-50)24-51(32)37(54)34(27(2)20-26)52(39(56)57)40(3,4)41(5,45)46/h7-9,11-13,23,26-29,32,34H,6,10,14-22,24-25H2,1-5H3,(H,48,53)(H,49,55)(H,56,57)/t26-,27+,28+,29+,32-,34-,43+/m0/s1. The number of hydrogen-bond acceptors (Lipinski definition) is 10. The van der Waals surface area contributed by atoms with Crippen LogP contribution in [0.2, 0.25) is 0 Å². The van der Waals surface area contributed by atoms with E-state index in [-0.39, 0.29) is 50.4 Å². The molecule has 2 aliphatic carbocycles. The Balaban J connectivity index is 1.28. The molecule has 2 aromatic rings. The molecule has 2 saturated carbocycles. The zero-order valence-corrected chi connectivity index (χ0v) is 36.6. The molecule has 5 aliphatic rings. The predicted octanol–water partition coefficient (Wildman–Crippen LogP) is 5.04. The number of sulfonamides is 1. The van der Waals surface area contributed by atoms with E-state index in [9.17, 15) is 32.3 Å². The Labute approximate surface area is 359 Å². The second-order valence-electron chi connectivity index (χ2n) is 18.5. The Morgan fingerprint density at radius 3 is 2.40 bits per heavy atom. The minimum absolute atomic E-state index is 0.00694. The fourth-order valence-electron chi connectivity index (χ4n) is 9.27. The molecule has 7 rings (SSSR count). The second kappa shape index (κ2) is 16.8. The predicted molar refractivity (Wildman–Crippen MR) is 223 cm³/mol. The van der Waals surface area contributed by atoms with Gasteiger partial charge in [0, 0.05) is 43.1 Å². The topological polar surface area (TPSA) is 188 Å². The molecule has 1 aromatic carbocycles. The third-order valence-corrected chi connectivity index (χ3v) is 15.9. The van der Waals surface area contributed by atoms with E-state index >= 15 is 13.6 Å². The maximum Gasteiger partial charge on any atom is 0.408 e. The van der Waals surface area contributed by atoms with Crippen LogP contribution < -0.4 is 19.7 Å². The molecule has 7 atom stereocenters. The number of carbonyl (C=O) groups is 4. The fourth-order valence-corrected chi connectivity index (χ4v) is 10.7. The molecule has 0 radical (unpaired) electrons. The number of ether oxygens (including phenoxy) is 2. The van der Waals surface area contributed by atoms with Crippen LogP contribution in [-0.2, 0) is 29.1 Å². The van der Waals surface area contributed by atoms with Crippen LogP contribution >= 0.6 is 0 Å². The number of fused-ring (bicyclic) bond motifs is 3. The van der Waals surface area contributed by atoms with Gasteiger partial charge >= 0.3 is 6.09 Å². The van der Waals surface area contributed by atoms with Crippen molar-refractivity contribution in [3.05, 3.63) is 42.6 Å². The van der Waals surface area contributed by atoms with Crippen LogP contribution in [0.4, 0.5) is 23.7 Å². The van der Waals surface area contributed by atoms with E-state index in [1.54, 1.807) is 19.2 Å². The first-order valence-corrected chi connectivity index (χ1v) is 22.8. The first-order valence-electron chi connectivity index (χ1n) is 21.4. The van der Waals surface area contributed by atoms with Crippen molar-refractivity contribution < 1.29 is 55.3 Å². The molecule has 0 bridgehead atoms. The highest BCUT2D eigenvalue weighted by molar-refractivity contribution is 7.91. The molecular weight excluding hydrogens is 834 g/mol. The van der Waals surface area contributed by atoms with Crippen LogP contribution in [-0.4, -0.2) is 132 Å². The average Bonchev–Trinajstić information content (AvgIpc) is 4.12. The minimum Gasteiger partial charge on any atom is -0.472 e. The van der Waals surface area contributed by atoms with Gasteiger partial charge in [0.2, 0.25) is 27.7 Å². The Morgan fingerprint density at radius 2 is 1.77 bits per heavy atom. The van der Waals surface area contributed by atoms with E-state index < -0.39 is 92.3 Å². The smallest absolute Gasteiger partial charge is 0.408 e. The average molecular weight is 891 g/mol. The van der Waals surface area contributed by atoms with Gasteiger partial charge in [-0.3, -0.25) is 24.0 Å². The zero-order chi connectivity index (χ0) is 45.0. The van der Waals surface area contributed by atoms with Crippen LogP contribution in [0.3, 0.4) is 0 Å². The molecule has 1 aromatic heterocycles. The fraction of sp³-hybridized carbons (Fsp3) is 0.651. The maximum atomic E-state index is 15.4. The number of aromatic nitrogens is 1. The number of carbonyl (C=O) groups excluding carboxylic acids is 3. The molecule has 4 heterocycles. The summed E-state index contributed by atoms with van der Waals surface area (Å²) in [5, 5.41) is 14.9. The van der Waals surface area contributed by atoms with Gasteiger partial charge < -0.3 is 29.7 Å². The highest BCUT2D eigenvalue weighted by atomic mass is 32.2. The second-order valence-corrected chi connectivity index (χ2v) is 20.5. The van der Waals surface area contributed by atoms with Crippen LogP contribution in [0, 0.1) is 17.8 Å². The molecule has 62 heavy (non-hydrogen) atoms. The van der Waals surface area contributed by atoms with Gasteiger partial charge in [-0.05, 0) is 70.3 Å². The lowest BCUT2D eigenvalue weighted by Crippen LogP contribution is -2.66. The van der Waals surface area contributed by atoms with Gasteiger partial charge in [-0.2, -0.15) is 0 Å². The number of hydrogen-bond donors (Lipinski definition) is 3. The minimum atomic E-state index is -4.48. The lowest BCUT2D eigenvalue weighted by molar-refractivity contribution is -0.156. The molecule has 3 aliphatic heterocycles. The number of benzene rings is 1. The molecule has 15 nitrogen and oxygen atoms in total. The summed E-state index contributed by atoms with van der Waals surface area (Å²) in [7, 11) is -4.48. The largest absolute Gasteiger partial charge is 0.472 e. The van der Waals surface area contributed by atoms with Crippen LogP contribution in [0.5, 0.6) is 5.88 Å². The summed E-state index contributed by atoms with van der Waals surface area (Å²) in [6.07, 6.45) is 3.69. The van der Waals surface area contributed by atoms with E-state index in [1.165, 1.54) is 0 Å². The number of halogens is 3. The Kier molecular flexibility index (Phi) is 12.3. The number of alkyl halides is 3. The Morgan fingerprint density at radius 1 is 1.10 bits per heavy atom. The molecule has 0 unspecified atom stereocenters. The highest BCUT2D eigenvalue weighted by Gasteiger charge is 2.64. The van der Waals surface area contributed by atoms with Crippen molar-refractivity contribution >= 4 is 50.3 Å². The van der Waals surface area contributed by atoms with Crippen molar-refractivity contribution in [3.8, 4) is 5.88 Å². The SMILES string of the molecule is C[C@H]1CCC=C[C@@H]2C[C@@]2(C(=O)NS(=O)(=O)C2(CF)CC2)NC(=O)[C@@H]2C[C@@H](Oc3ncc(N4CCOCC4)c4ccccc34)CN2C(=O)[C@@H](N(C(=O)O)C(C)(C)C(C)(F)F)[C@H](C)C1. The number of rotatable bonds is 10. The van der Waals surface area contributed by atoms with Gasteiger partial charge in [0.05, 0.1) is 31.6 Å². The van der Waals surface area contributed by atoms with E-state index in [2.05, 4.69) is 15.2 Å². The third-order valence-electron chi connectivity index (χ3n) is 13.8. The molecule has 4 amide bonds. The van der Waals surface area contributed by atoms with Gasteiger partial charge in [0.1, 0.15) is 40.7 Å². The molecule has 19 heteroatoms.